The summed E-state index contributed by atoms with van der Waals surface area (Å²) in [6, 6.07) is 0.893. The van der Waals surface area contributed by atoms with Gasteiger partial charge in [-0.05, 0) is 42.9 Å². The Morgan fingerprint density at radius 3 is 2.86 bits per heavy atom. The van der Waals surface area contributed by atoms with Gasteiger partial charge in [0.2, 0.25) is 0 Å². The molecule has 0 aromatic heterocycles. The van der Waals surface area contributed by atoms with Crippen molar-refractivity contribution in [2.45, 2.75) is 44.6 Å². The molecule has 3 aliphatic rings. The van der Waals surface area contributed by atoms with E-state index in [4.69, 9.17) is 0 Å². The molecule has 2 heteroatoms. The summed E-state index contributed by atoms with van der Waals surface area (Å²) in [6.45, 7) is 1.29. The molecule has 1 nitrogen and oxygen atoms in total. The Balaban J connectivity index is 1.81. The van der Waals surface area contributed by atoms with Crippen LogP contribution in [0.25, 0.3) is 0 Å². The van der Waals surface area contributed by atoms with Crippen LogP contribution in [0.2, 0.25) is 0 Å². The van der Waals surface area contributed by atoms with Crippen molar-refractivity contribution < 1.29 is 0 Å². The van der Waals surface area contributed by atoms with Crippen LogP contribution in [0.3, 0.4) is 0 Å². The van der Waals surface area contributed by atoms with Crippen molar-refractivity contribution in [3.05, 3.63) is 0 Å². The SMILES string of the molecule is C1CCC2(CC1)CSCC1CCNC12. The van der Waals surface area contributed by atoms with Gasteiger partial charge in [0.05, 0.1) is 0 Å². The van der Waals surface area contributed by atoms with E-state index < -0.39 is 0 Å². The van der Waals surface area contributed by atoms with E-state index in [0.717, 1.165) is 12.0 Å². The predicted octanol–water partition coefficient (Wildman–Crippen LogP) is 2.66. The zero-order valence-electron chi connectivity index (χ0n) is 8.93. The third-order valence-electron chi connectivity index (χ3n) is 4.58. The second-order valence-corrected chi connectivity index (χ2v) is 6.45. The summed E-state index contributed by atoms with van der Waals surface area (Å²) in [5.41, 5.74) is 0.711. The van der Waals surface area contributed by atoms with E-state index in [1.165, 1.54) is 56.6 Å². The van der Waals surface area contributed by atoms with Crippen molar-refractivity contribution in [2.24, 2.45) is 11.3 Å². The van der Waals surface area contributed by atoms with E-state index in [-0.39, 0.29) is 0 Å². The van der Waals surface area contributed by atoms with Gasteiger partial charge in [0, 0.05) is 11.8 Å². The molecule has 2 heterocycles. The van der Waals surface area contributed by atoms with Crippen molar-refractivity contribution >= 4 is 11.8 Å². The molecule has 1 N–H and O–H groups in total. The predicted molar refractivity (Wildman–Crippen MR) is 62.7 cm³/mol. The maximum atomic E-state index is 3.81. The summed E-state index contributed by atoms with van der Waals surface area (Å²) in [5, 5.41) is 3.81. The molecule has 0 amide bonds. The topological polar surface area (TPSA) is 12.0 Å². The van der Waals surface area contributed by atoms with Gasteiger partial charge in [-0.15, -0.1) is 0 Å². The fourth-order valence-corrected chi connectivity index (χ4v) is 5.52. The van der Waals surface area contributed by atoms with Crippen LogP contribution < -0.4 is 5.32 Å². The molecule has 0 bridgehead atoms. The van der Waals surface area contributed by atoms with Crippen molar-refractivity contribution in [2.75, 3.05) is 18.1 Å². The summed E-state index contributed by atoms with van der Waals surface area (Å²) < 4.78 is 0. The quantitative estimate of drug-likeness (QED) is 0.661. The third kappa shape index (κ3) is 1.42. The molecule has 1 spiro atoms. The van der Waals surface area contributed by atoms with Crippen LogP contribution in [0, 0.1) is 11.3 Å². The first-order valence-electron chi connectivity index (χ1n) is 6.22. The molecule has 1 aliphatic carbocycles. The van der Waals surface area contributed by atoms with Gasteiger partial charge in [-0.1, -0.05) is 19.3 Å². The number of hydrogen-bond donors (Lipinski definition) is 1. The number of rotatable bonds is 0. The Morgan fingerprint density at radius 2 is 2.00 bits per heavy atom. The van der Waals surface area contributed by atoms with Gasteiger partial charge in [0.1, 0.15) is 0 Å². The number of fused-ring (bicyclic) bond motifs is 2. The summed E-state index contributed by atoms with van der Waals surface area (Å²) in [4.78, 5) is 0. The highest BCUT2D eigenvalue weighted by Gasteiger charge is 2.47. The number of thioether (sulfide) groups is 1. The first kappa shape index (κ1) is 9.53. The molecule has 0 aromatic rings. The highest BCUT2D eigenvalue weighted by atomic mass is 32.2. The Morgan fingerprint density at radius 1 is 1.14 bits per heavy atom. The van der Waals surface area contributed by atoms with Gasteiger partial charge in [0.15, 0.2) is 0 Å². The molecule has 14 heavy (non-hydrogen) atoms. The Kier molecular flexibility index (Phi) is 2.53. The van der Waals surface area contributed by atoms with E-state index in [1.54, 1.807) is 0 Å². The maximum Gasteiger partial charge on any atom is 0.0168 e. The number of nitrogens with one attached hydrogen (secondary N) is 1. The second-order valence-electron chi connectivity index (χ2n) is 5.42. The summed E-state index contributed by atoms with van der Waals surface area (Å²) in [6.07, 6.45) is 8.93. The zero-order chi connectivity index (χ0) is 9.43. The molecule has 2 unspecified atom stereocenters. The molecule has 2 atom stereocenters. The molecule has 1 saturated carbocycles. The normalized spacial score (nSPS) is 41.1. The monoisotopic (exact) mass is 211 g/mol. The molecule has 0 aromatic carbocycles. The minimum absolute atomic E-state index is 0.711. The average Bonchev–Trinajstić information content (AvgIpc) is 2.69. The molecule has 3 rings (SSSR count). The maximum absolute atomic E-state index is 3.81. The lowest BCUT2D eigenvalue weighted by molar-refractivity contribution is 0.134. The first-order chi connectivity index (χ1) is 6.91. The van der Waals surface area contributed by atoms with E-state index >= 15 is 0 Å². The van der Waals surface area contributed by atoms with Crippen LogP contribution in [-0.2, 0) is 0 Å². The van der Waals surface area contributed by atoms with Crippen LogP contribution in [0.1, 0.15) is 38.5 Å². The van der Waals surface area contributed by atoms with E-state index in [2.05, 4.69) is 17.1 Å². The molecule has 0 radical (unpaired) electrons. The average molecular weight is 211 g/mol. The second kappa shape index (κ2) is 3.71. The van der Waals surface area contributed by atoms with Crippen molar-refractivity contribution in [3.63, 3.8) is 0 Å². The largest absolute Gasteiger partial charge is 0.313 e. The van der Waals surface area contributed by atoms with Gasteiger partial charge in [-0.2, -0.15) is 11.8 Å². The van der Waals surface area contributed by atoms with E-state index in [0.29, 0.717) is 5.41 Å². The van der Waals surface area contributed by atoms with Crippen LogP contribution in [-0.4, -0.2) is 24.1 Å². The molecule has 3 fully saturated rings. The van der Waals surface area contributed by atoms with Crippen molar-refractivity contribution in [1.29, 1.82) is 0 Å². The number of hydrogen-bond acceptors (Lipinski definition) is 2. The molecular formula is C12H21NS. The van der Waals surface area contributed by atoms with Crippen LogP contribution in [0.5, 0.6) is 0 Å². The molecule has 2 saturated heterocycles. The lowest BCUT2D eigenvalue weighted by atomic mass is 9.67. The van der Waals surface area contributed by atoms with E-state index in [1.807, 2.05) is 0 Å². The van der Waals surface area contributed by atoms with Crippen LogP contribution >= 0.6 is 11.8 Å². The minimum atomic E-state index is 0.711. The van der Waals surface area contributed by atoms with Crippen LogP contribution in [0.4, 0.5) is 0 Å². The third-order valence-corrected chi connectivity index (χ3v) is 6.02. The fourth-order valence-electron chi connectivity index (χ4n) is 3.87. The standard InChI is InChI=1S/C12H21NS/c1-2-5-12(6-3-1)9-14-8-10-4-7-13-11(10)12/h10-11,13H,1-9H2. The summed E-state index contributed by atoms with van der Waals surface area (Å²) in [5.74, 6) is 3.88. The molecular weight excluding hydrogens is 190 g/mol. The molecule has 80 valence electrons. The minimum Gasteiger partial charge on any atom is -0.313 e. The van der Waals surface area contributed by atoms with E-state index in [9.17, 15) is 0 Å². The highest BCUT2D eigenvalue weighted by molar-refractivity contribution is 7.99. The summed E-state index contributed by atoms with van der Waals surface area (Å²) >= 11 is 2.24. The highest BCUT2D eigenvalue weighted by Crippen LogP contribution is 2.49. The van der Waals surface area contributed by atoms with Gasteiger partial charge < -0.3 is 5.32 Å². The molecule has 2 aliphatic heterocycles. The van der Waals surface area contributed by atoms with Gasteiger partial charge in [-0.3, -0.25) is 0 Å². The Hall–Kier alpha value is 0.310. The van der Waals surface area contributed by atoms with Crippen molar-refractivity contribution in [1.82, 2.24) is 5.32 Å². The lowest BCUT2D eigenvalue weighted by Crippen LogP contribution is -2.51. The summed E-state index contributed by atoms with van der Waals surface area (Å²) in [7, 11) is 0. The lowest BCUT2D eigenvalue weighted by Gasteiger charge is -2.47. The fraction of sp³-hybridized carbons (Fsp3) is 1.00. The van der Waals surface area contributed by atoms with Crippen LogP contribution in [0.15, 0.2) is 0 Å². The Bertz CT molecular complexity index is 205. The van der Waals surface area contributed by atoms with Gasteiger partial charge in [-0.25, -0.2) is 0 Å². The smallest absolute Gasteiger partial charge is 0.0168 e. The van der Waals surface area contributed by atoms with Gasteiger partial charge >= 0.3 is 0 Å². The first-order valence-corrected chi connectivity index (χ1v) is 7.37. The van der Waals surface area contributed by atoms with Crippen molar-refractivity contribution in [3.8, 4) is 0 Å². The Labute approximate surface area is 91.4 Å². The van der Waals surface area contributed by atoms with Gasteiger partial charge in [0.25, 0.3) is 0 Å². The zero-order valence-corrected chi connectivity index (χ0v) is 9.74.